The quantitative estimate of drug-likeness (QED) is 0.686. The van der Waals surface area contributed by atoms with E-state index in [9.17, 15) is 0 Å². The van der Waals surface area contributed by atoms with Crippen molar-refractivity contribution in [3.05, 3.63) is 18.2 Å². The molecule has 4 heteroatoms. The summed E-state index contributed by atoms with van der Waals surface area (Å²) in [4.78, 5) is 4.33. The second kappa shape index (κ2) is 7.41. The van der Waals surface area contributed by atoms with Crippen LogP contribution in [0.3, 0.4) is 0 Å². The molecular formula is C12H23N3O. The predicted octanol–water partition coefficient (Wildman–Crippen LogP) is 1.81. The van der Waals surface area contributed by atoms with E-state index >= 15 is 0 Å². The molecule has 0 spiro atoms. The lowest BCUT2D eigenvalue weighted by molar-refractivity contribution is 0.0727. The summed E-state index contributed by atoms with van der Waals surface area (Å²) >= 11 is 0. The number of rotatable bonds is 8. The third-order valence-corrected chi connectivity index (χ3v) is 2.22. The van der Waals surface area contributed by atoms with Crippen molar-refractivity contribution in [2.24, 2.45) is 0 Å². The summed E-state index contributed by atoms with van der Waals surface area (Å²) in [5.74, 6) is 0. The molecule has 0 aromatic carbocycles. The largest absolute Gasteiger partial charge is 0.377 e. The van der Waals surface area contributed by atoms with Crippen molar-refractivity contribution < 1.29 is 4.74 Å². The minimum Gasteiger partial charge on any atom is -0.377 e. The Morgan fingerprint density at radius 1 is 1.50 bits per heavy atom. The molecule has 0 atom stereocenters. The van der Waals surface area contributed by atoms with Gasteiger partial charge in [-0.05, 0) is 26.8 Å². The molecule has 4 nitrogen and oxygen atoms in total. The highest BCUT2D eigenvalue weighted by molar-refractivity contribution is 4.95. The maximum absolute atomic E-state index is 5.49. The Bertz CT molecular complexity index is 284. The van der Waals surface area contributed by atoms with Gasteiger partial charge in [-0.2, -0.15) is 0 Å². The molecule has 0 saturated heterocycles. The highest BCUT2D eigenvalue weighted by Crippen LogP contribution is 1.97. The molecule has 0 amide bonds. The van der Waals surface area contributed by atoms with Gasteiger partial charge in [0.2, 0.25) is 0 Å². The second-order valence-corrected chi connectivity index (χ2v) is 4.20. The molecule has 0 bridgehead atoms. The molecule has 1 rings (SSSR count). The van der Waals surface area contributed by atoms with Gasteiger partial charge in [0.25, 0.3) is 0 Å². The van der Waals surface area contributed by atoms with Gasteiger partial charge in [0, 0.05) is 19.3 Å². The molecule has 1 aromatic heterocycles. The maximum Gasteiger partial charge on any atom is 0.0950 e. The third-order valence-electron chi connectivity index (χ3n) is 2.22. The van der Waals surface area contributed by atoms with E-state index in [1.165, 1.54) is 0 Å². The average molecular weight is 225 g/mol. The van der Waals surface area contributed by atoms with Gasteiger partial charge in [-0.3, -0.25) is 0 Å². The number of nitrogens with one attached hydrogen (secondary N) is 1. The first-order valence-corrected chi connectivity index (χ1v) is 6.05. The van der Waals surface area contributed by atoms with Crippen molar-refractivity contribution in [2.75, 3.05) is 13.2 Å². The van der Waals surface area contributed by atoms with Crippen molar-refractivity contribution in [1.29, 1.82) is 0 Å². The van der Waals surface area contributed by atoms with Gasteiger partial charge in [0.15, 0.2) is 0 Å². The summed E-state index contributed by atoms with van der Waals surface area (Å²) in [7, 11) is 0. The lowest BCUT2D eigenvalue weighted by Crippen LogP contribution is -2.14. The van der Waals surface area contributed by atoms with Gasteiger partial charge in [0.1, 0.15) is 0 Å². The Hall–Kier alpha value is -0.870. The van der Waals surface area contributed by atoms with Crippen LogP contribution >= 0.6 is 0 Å². The molecular weight excluding hydrogens is 202 g/mol. The number of nitrogens with zero attached hydrogens (tertiary/aromatic N) is 2. The van der Waals surface area contributed by atoms with Gasteiger partial charge >= 0.3 is 0 Å². The molecule has 0 radical (unpaired) electrons. The van der Waals surface area contributed by atoms with Crippen LogP contribution < -0.4 is 5.32 Å². The number of hydrogen-bond donors (Lipinski definition) is 1. The Labute approximate surface area is 98.0 Å². The van der Waals surface area contributed by atoms with Crippen LogP contribution in [0.15, 0.2) is 12.5 Å². The van der Waals surface area contributed by atoms with E-state index < -0.39 is 0 Å². The van der Waals surface area contributed by atoms with E-state index in [1.807, 2.05) is 20.2 Å². The molecule has 1 aromatic rings. The van der Waals surface area contributed by atoms with E-state index in [-0.39, 0.29) is 0 Å². The van der Waals surface area contributed by atoms with E-state index in [4.69, 9.17) is 4.74 Å². The van der Waals surface area contributed by atoms with Crippen LogP contribution in [-0.4, -0.2) is 28.8 Å². The fraction of sp³-hybridized carbons (Fsp3) is 0.750. The van der Waals surface area contributed by atoms with Crippen LogP contribution in [-0.2, 0) is 17.8 Å². The molecule has 0 fully saturated rings. The highest BCUT2D eigenvalue weighted by Gasteiger charge is 1.99. The Morgan fingerprint density at radius 2 is 2.31 bits per heavy atom. The van der Waals surface area contributed by atoms with Gasteiger partial charge in [-0.15, -0.1) is 0 Å². The molecule has 16 heavy (non-hydrogen) atoms. The summed E-state index contributed by atoms with van der Waals surface area (Å²) in [6.45, 7) is 9.78. The first-order chi connectivity index (χ1) is 7.72. The standard InChI is InChI=1S/C12H23N3O/c1-4-5-13-8-12-9-15(10-14-12)6-7-16-11(2)3/h9-11,13H,4-8H2,1-3H3. The number of aromatic nitrogens is 2. The molecule has 0 saturated carbocycles. The molecule has 1 heterocycles. The first-order valence-electron chi connectivity index (χ1n) is 6.05. The van der Waals surface area contributed by atoms with Crippen LogP contribution in [0.5, 0.6) is 0 Å². The summed E-state index contributed by atoms with van der Waals surface area (Å²) in [5, 5.41) is 3.33. The summed E-state index contributed by atoms with van der Waals surface area (Å²) in [5.41, 5.74) is 1.10. The molecule has 1 N–H and O–H groups in total. The third kappa shape index (κ3) is 5.28. The first kappa shape index (κ1) is 13.2. The Kier molecular flexibility index (Phi) is 6.11. The minimum atomic E-state index is 0.300. The van der Waals surface area contributed by atoms with Crippen molar-refractivity contribution in [1.82, 2.24) is 14.9 Å². The van der Waals surface area contributed by atoms with Crippen molar-refractivity contribution in [3.8, 4) is 0 Å². The van der Waals surface area contributed by atoms with E-state index in [0.717, 1.165) is 38.4 Å². The zero-order valence-electron chi connectivity index (χ0n) is 10.6. The molecule has 0 unspecified atom stereocenters. The maximum atomic E-state index is 5.49. The van der Waals surface area contributed by atoms with Crippen molar-refractivity contribution >= 4 is 0 Å². The predicted molar refractivity (Wildman–Crippen MR) is 65.3 cm³/mol. The average Bonchev–Trinajstić information content (AvgIpc) is 2.66. The number of hydrogen-bond acceptors (Lipinski definition) is 3. The number of imidazole rings is 1. The van der Waals surface area contributed by atoms with Crippen LogP contribution in [0.4, 0.5) is 0 Å². The molecule has 92 valence electrons. The monoisotopic (exact) mass is 225 g/mol. The zero-order chi connectivity index (χ0) is 11.8. The second-order valence-electron chi connectivity index (χ2n) is 4.20. The van der Waals surface area contributed by atoms with E-state index in [2.05, 4.69) is 28.0 Å². The lowest BCUT2D eigenvalue weighted by atomic mass is 10.4. The molecule has 0 aliphatic heterocycles. The van der Waals surface area contributed by atoms with E-state index in [0.29, 0.717) is 6.10 Å². The molecule has 0 aliphatic rings. The van der Waals surface area contributed by atoms with Crippen LogP contribution in [0, 0.1) is 0 Å². The SMILES string of the molecule is CCCNCc1cn(CCOC(C)C)cn1. The smallest absolute Gasteiger partial charge is 0.0950 e. The minimum absolute atomic E-state index is 0.300. The summed E-state index contributed by atoms with van der Waals surface area (Å²) in [6, 6.07) is 0. The van der Waals surface area contributed by atoms with Crippen LogP contribution in [0.25, 0.3) is 0 Å². The zero-order valence-corrected chi connectivity index (χ0v) is 10.6. The summed E-state index contributed by atoms with van der Waals surface area (Å²) in [6.07, 6.45) is 5.40. The van der Waals surface area contributed by atoms with Gasteiger partial charge in [-0.25, -0.2) is 4.98 Å². The number of ether oxygens (including phenoxy) is 1. The van der Waals surface area contributed by atoms with Gasteiger partial charge in [0.05, 0.1) is 24.7 Å². The van der Waals surface area contributed by atoms with Gasteiger partial charge in [-0.1, -0.05) is 6.92 Å². The molecule has 0 aliphatic carbocycles. The van der Waals surface area contributed by atoms with Crippen LogP contribution in [0.1, 0.15) is 32.9 Å². The summed E-state index contributed by atoms with van der Waals surface area (Å²) < 4.78 is 7.56. The lowest BCUT2D eigenvalue weighted by Gasteiger charge is -2.07. The topological polar surface area (TPSA) is 39.1 Å². The van der Waals surface area contributed by atoms with E-state index in [1.54, 1.807) is 0 Å². The normalized spacial score (nSPS) is 11.2. The highest BCUT2D eigenvalue weighted by atomic mass is 16.5. The van der Waals surface area contributed by atoms with Gasteiger partial charge < -0.3 is 14.6 Å². The van der Waals surface area contributed by atoms with Crippen molar-refractivity contribution in [2.45, 2.75) is 46.4 Å². The Morgan fingerprint density at radius 3 is 3.00 bits per heavy atom. The fourth-order valence-corrected chi connectivity index (χ4v) is 1.41. The Balaban J connectivity index is 2.22. The van der Waals surface area contributed by atoms with Crippen LogP contribution in [0.2, 0.25) is 0 Å². The fourth-order valence-electron chi connectivity index (χ4n) is 1.41. The van der Waals surface area contributed by atoms with Crippen molar-refractivity contribution in [3.63, 3.8) is 0 Å².